The SMILES string of the molecule is C[C@@H](N)c1cncn1CCc1cccnc1. The summed E-state index contributed by atoms with van der Waals surface area (Å²) < 4.78 is 2.09. The van der Waals surface area contributed by atoms with Gasteiger partial charge in [-0.25, -0.2) is 4.98 Å². The van der Waals surface area contributed by atoms with Crippen molar-refractivity contribution in [1.82, 2.24) is 14.5 Å². The first kappa shape index (κ1) is 10.8. The molecule has 2 aromatic rings. The van der Waals surface area contributed by atoms with Crippen LogP contribution in [-0.2, 0) is 13.0 Å². The molecule has 0 aromatic carbocycles. The fraction of sp³-hybridized carbons (Fsp3) is 0.333. The van der Waals surface area contributed by atoms with Gasteiger partial charge in [0.2, 0.25) is 0 Å². The number of hydrogen-bond acceptors (Lipinski definition) is 3. The van der Waals surface area contributed by atoms with Crippen LogP contribution in [-0.4, -0.2) is 14.5 Å². The molecule has 0 saturated heterocycles. The number of aryl methyl sites for hydroxylation is 2. The molecule has 0 aliphatic rings. The zero-order chi connectivity index (χ0) is 11.4. The van der Waals surface area contributed by atoms with Crippen molar-refractivity contribution in [2.24, 2.45) is 5.73 Å². The molecule has 0 aliphatic heterocycles. The molecule has 0 fully saturated rings. The number of pyridine rings is 1. The van der Waals surface area contributed by atoms with Gasteiger partial charge in [-0.2, -0.15) is 0 Å². The lowest BCUT2D eigenvalue weighted by atomic mass is 10.2. The number of nitrogens with zero attached hydrogens (tertiary/aromatic N) is 3. The van der Waals surface area contributed by atoms with Crippen molar-refractivity contribution in [2.75, 3.05) is 0 Å². The van der Waals surface area contributed by atoms with Crippen LogP contribution in [0.2, 0.25) is 0 Å². The largest absolute Gasteiger partial charge is 0.333 e. The first-order valence-electron chi connectivity index (χ1n) is 5.42. The lowest BCUT2D eigenvalue weighted by Crippen LogP contribution is -2.12. The van der Waals surface area contributed by atoms with Gasteiger partial charge in [0, 0.05) is 31.2 Å². The molecule has 0 spiro atoms. The number of nitrogens with two attached hydrogens (primary N) is 1. The van der Waals surface area contributed by atoms with Crippen molar-refractivity contribution >= 4 is 0 Å². The van der Waals surface area contributed by atoms with Crippen LogP contribution in [0.15, 0.2) is 37.1 Å². The maximum absolute atomic E-state index is 5.85. The molecule has 4 nitrogen and oxygen atoms in total. The van der Waals surface area contributed by atoms with E-state index in [0.717, 1.165) is 18.7 Å². The molecule has 2 aromatic heterocycles. The van der Waals surface area contributed by atoms with Gasteiger partial charge in [0.15, 0.2) is 0 Å². The van der Waals surface area contributed by atoms with Gasteiger partial charge >= 0.3 is 0 Å². The summed E-state index contributed by atoms with van der Waals surface area (Å²) in [5, 5.41) is 0. The van der Waals surface area contributed by atoms with Crippen molar-refractivity contribution in [1.29, 1.82) is 0 Å². The lowest BCUT2D eigenvalue weighted by molar-refractivity contribution is 0.623. The number of aromatic nitrogens is 3. The molecule has 0 amide bonds. The Labute approximate surface area is 95.1 Å². The third kappa shape index (κ3) is 2.46. The second-order valence-electron chi connectivity index (χ2n) is 3.91. The minimum Gasteiger partial charge on any atom is -0.333 e. The third-order valence-electron chi connectivity index (χ3n) is 2.58. The smallest absolute Gasteiger partial charge is 0.0948 e. The minimum atomic E-state index is 0.0244. The Bertz CT molecular complexity index is 433. The molecule has 2 N–H and O–H groups in total. The molecule has 0 unspecified atom stereocenters. The minimum absolute atomic E-state index is 0.0244. The van der Waals surface area contributed by atoms with Crippen LogP contribution in [0.1, 0.15) is 24.2 Å². The van der Waals surface area contributed by atoms with E-state index >= 15 is 0 Å². The predicted molar refractivity (Wildman–Crippen MR) is 62.8 cm³/mol. The van der Waals surface area contributed by atoms with E-state index in [4.69, 9.17) is 5.73 Å². The van der Waals surface area contributed by atoms with Gasteiger partial charge < -0.3 is 10.3 Å². The second-order valence-corrected chi connectivity index (χ2v) is 3.91. The summed E-state index contributed by atoms with van der Waals surface area (Å²) in [5.74, 6) is 0. The zero-order valence-corrected chi connectivity index (χ0v) is 9.37. The van der Waals surface area contributed by atoms with E-state index in [1.807, 2.05) is 31.7 Å². The van der Waals surface area contributed by atoms with Crippen LogP contribution >= 0.6 is 0 Å². The fourth-order valence-electron chi connectivity index (χ4n) is 1.69. The quantitative estimate of drug-likeness (QED) is 0.843. The van der Waals surface area contributed by atoms with Gasteiger partial charge in [0.25, 0.3) is 0 Å². The van der Waals surface area contributed by atoms with E-state index in [0.29, 0.717) is 0 Å². The fourth-order valence-corrected chi connectivity index (χ4v) is 1.69. The summed E-state index contributed by atoms with van der Waals surface area (Å²) in [6.07, 6.45) is 8.28. The Morgan fingerprint density at radius 3 is 2.94 bits per heavy atom. The summed E-state index contributed by atoms with van der Waals surface area (Å²) in [5.41, 5.74) is 8.16. The molecule has 2 rings (SSSR count). The van der Waals surface area contributed by atoms with Crippen LogP contribution in [0, 0.1) is 0 Å². The summed E-state index contributed by atoms with van der Waals surface area (Å²) in [7, 11) is 0. The standard InChI is InChI=1S/C12H16N4/c1-10(13)12-8-15-9-16(12)6-4-11-3-2-5-14-7-11/h2-3,5,7-10H,4,6,13H2,1H3/t10-/m1/s1. The predicted octanol–water partition coefficient (Wildman–Crippen LogP) is 1.54. The average Bonchev–Trinajstić information content (AvgIpc) is 2.76. The van der Waals surface area contributed by atoms with E-state index in [1.165, 1.54) is 5.56 Å². The molecular weight excluding hydrogens is 200 g/mol. The molecular formula is C12H16N4. The molecule has 4 heteroatoms. The average molecular weight is 216 g/mol. The second kappa shape index (κ2) is 4.90. The Hall–Kier alpha value is -1.68. The van der Waals surface area contributed by atoms with E-state index < -0.39 is 0 Å². The van der Waals surface area contributed by atoms with Gasteiger partial charge in [-0.15, -0.1) is 0 Å². The molecule has 16 heavy (non-hydrogen) atoms. The van der Waals surface area contributed by atoms with Crippen LogP contribution in [0.4, 0.5) is 0 Å². The Balaban J connectivity index is 2.02. The van der Waals surface area contributed by atoms with Crippen molar-refractivity contribution in [3.8, 4) is 0 Å². The van der Waals surface area contributed by atoms with Crippen molar-refractivity contribution in [3.05, 3.63) is 48.3 Å². The summed E-state index contributed by atoms with van der Waals surface area (Å²) in [4.78, 5) is 8.22. The van der Waals surface area contributed by atoms with Gasteiger partial charge in [-0.1, -0.05) is 6.07 Å². The van der Waals surface area contributed by atoms with E-state index in [2.05, 4.69) is 20.6 Å². The van der Waals surface area contributed by atoms with Crippen molar-refractivity contribution in [2.45, 2.75) is 25.9 Å². The maximum Gasteiger partial charge on any atom is 0.0948 e. The van der Waals surface area contributed by atoms with Crippen molar-refractivity contribution in [3.63, 3.8) is 0 Å². The molecule has 0 bridgehead atoms. The first-order valence-corrected chi connectivity index (χ1v) is 5.42. The zero-order valence-electron chi connectivity index (χ0n) is 9.37. The monoisotopic (exact) mass is 216 g/mol. The van der Waals surface area contributed by atoms with E-state index in [-0.39, 0.29) is 6.04 Å². The molecule has 0 saturated carbocycles. The van der Waals surface area contributed by atoms with Crippen LogP contribution in [0.5, 0.6) is 0 Å². The molecule has 84 valence electrons. The number of hydrogen-bond donors (Lipinski definition) is 1. The Kier molecular flexibility index (Phi) is 3.31. The molecule has 0 aliphatic carbocycles. The number of rotatable bonds is 4. The summed E-state index contributed by atoms with van der Waals surface area (Å²) >= 11 is 0. The third-order valence-corrected chi connectivity index (χ3v) is 2.58. The lowest BCUT2D eigenvalue weighted by Gasteiger charge is -2.10. The van der Waals surface area contributed by atoms with Gasteiger partial charge in [0.05, 0.1) is 12.0 Å². The highest BCUT2D eigenvalue weighted by Crippen LogP contribution is 2.09. The highest BCUT2D eigenvalue weighted by molar-refractivity contribution is 5.09. The number of imidazole rings is 1. The normalized spacial score (nSPS) is 12.6. The highest BCUT2D eigenvalue weighted by Gasteiger charge is 2.06. The van der Waals surface area contributed by atoms with Crippen LogP contribution in [0.25, 0.3) is 0 Å². The molecule has 1 atom stereocenters. The highest BCUT2D eigenvalue weighted by atomic mass is 15.1. The van der Waals surface area contributed by atoms with Crippen LogP contribution in [0.3, 0.4) is 0 Å². The molecule has 2 heterocycles. The first-order chi connectivity index (χ1) is 7.77. The van der Waals surface area contributed by atoms with Gasteiger partial charge in [-0.3, -0.25) is 4.98 Å². The van der Waals surface area contributed by atoms with Gasteiger partial charge in [-0.05, 0) is 25.0 Å². The summed E-state index contributed by atoms with van der Waals surface area (Å²) in [6, 6.07) is 4.06. The van der Waals surface area contributed by atoms with Gasteiger partial charge in [0.1, 0.15) is 0 Å². The van der Waals surface area contributed by atoms with Crippen LogP contribution < -0.4 is 5.73 Å². The molecule has 0 radical (unpaired) electrons. The van der Waals surface area contributed by atoms with E-state index in [9.17, 15) is 0 Å². The Morgan fingerprint density at radius 1 is 1.38 bits per heavy atom. The maximum atomic E-state index is 5.85. The Morgan fingerprint density at radius 2 is 2.25 bits per heavy atom. The summed E-state index contributed by atoms with van der Waals surface area (Å²) in [6.45, 7) is 2.86. The topological polar surface area (TPSA) is 56.7 Å². The van der Waals surface area contributed by atoms with Crippen molar-refractivity contribution < 1.29 is 0 Å². The van der Waals surface area contributed by atoms with E-state index in [1.54, 1.807) is 6.20 Å².